The van der Waals surface area contributed by atoms with Crippen LogP contribution >= 0.6 is 0 Å². The SMILES string of the molecule is CCC(C)(CNC(=O)N1CCCC(C)C1C)C(=O)O. The van der Waals surface area contributed by atoms with Crippen LogP contribution in [-0.2, 0) is 4.79 Å². The molecule has 0 aromatic heterocycles. The van der Waals surface area contributed by atoms with Gasteiger partial charge in [-0.15, -0.1) is 0 Å². The Hall–Kier alpha value is -1.26. The summed E-state index contributed by atoms with van der Waals surface area (Å²) in [6.45, 7) is 8.63. The van der Waals surface area contributed by atoms with E-state index in [1.807, 2.05) is 11.8 Å². The lowest BCUT2D eigenvalue weighted by Crippen LogP contribution is -2.52. The van der Waals surface area contributed by atoms with Crippen LogP contribution in [0.25, 0.3) is 0 Å². The minimum atomic E-state index is -0.889. The van der Waals surface area contributed by atoms with E-state index in [0.717, 1.165) is 19.4 Å². The minimum absolute atomic E-state index is 0.139. The van der Waals surface area contributed by atoms with Crippen molar-refractivity contribution in [2.24, 2.45) is 11.3 Å². The summed E-state index contributed by atoms with van der Waals surface area (Å²) in [6, 6.07) is 0.0754. The van der Waals surface area contributed by atoms with Gasteiger partial charge in [-0.25, -0.2) is 4.79 Å². The number of likely N-dealkylation sites (tertiary alicyclic amines) is 1. The number of nitrogens with zero attached hydrogens (tertiary/aromatic N) is 1. The number of nitrogens with one attached hydrogen (secondary N) is 1. The summed E-state index contributed by atoms with van der Waals surface area (Å²) in [7, 11) is 0. The van der Waals surface area contributed by atoms with Crippen molar-refractivity contribution in [3.63, 3.8) is 0 Å². The van der Waals surface area contributed by atoms with Crippen LogP contribution in [0.15, 0.2) is 0 Å². The molecule has 2 N–H and O–H groups in total. The Morgan fingerprint density at radius 1 is 1.42 bits per heavy atom. The molecule has 0 aliphatic carbocycles. The summed E-state index contributed by atoms with van der Waals surface area (Å²) in [5.41, 5.74) is -0.889. The van der Waals surface area contributed by atoms with Crippen LogP contribution in [0.5, 0.6) is 0 Å². The van der Waals surface area contributed by atoms with E-state index in [9.17, 15) is 14.7 Å². The first kappa shape index (κ1) is 15.8. The van der Waals surface area contributed by atoms with Crippen molar-refractivity contribution in [3.05, 3.63) is 0 Å². The zero-order valence-electron chi connectivity index (χ0n) is 12.4. The summed E-state index contributed by atoms with van der Waals surface area (Å²) < 4.78 is 0. The Morgan fingerprint density at radius 3 is 2.58 bits per heavy atom. The lowest BCUT2D eigenvalue weighted by Gasteiger charge is -2.38. The third-order valence-corrected chi connectivity index (χ3v) is 4.56. The molecular weight excluding hydrogens is 244 g/mol. The summed E-state index contributed by atoms with van der Waals surface area (Å²) in [6.07, 6.45) is 2.66. The van der Waals surface area contributed by atoms with Crippen LogP contribution in [0.3, 0.4) is 0 Å². The molecule has 0 radical (unpaired) electrons. The highest BCUT2D eigenvalue weighted by Crippen LogP contribution is 2.24. The Balaban J connectivity index is 2.57. The zero-order chi connectivity index (χ0) is 14.6. The predicted octanol–water partition coefficient (Wildman–Crippen LogP) is 2.32. The molecule has 3 unspecified atom stereocenters. The maximum absolute atomic E-state index is 12.2. The molecule has 5 heteroatoms. The van der Waals surface area contributed by atoms with Gasteiger partial charge in [0, 0.05) is 19.1 Å². The van der Waals surface area contributed by atoms with Gasteiger partial charge in [-0.05, 0) is 39.0 Å². The molecule has 1 saturated heterocycles. The van der Waals surface area contributed by atoms with Gasteiger partial charge < -0.3 is 15.3 Å². The fourth-order valence-corrected chi connectivity index (χ4v) is 2.35. The van der Waals surface area contributed by atoms with E-state index < -0.39 is 11.4 Å². The highest BCUT2D eigenvalue weighted by atomic mass is 16.4. The molecule has 0 aromatic carbocycles. The van der Waals surface area contributed by atoms with Gasteiger partial charge in [0.05, 0.1) is 5.41 Å². The van der Waals surface area contributed by atoms with Gasteiger partial charge >= 0.3 is 12.0 Å². The van der Waals surface area contributed by atoms with Gasteiger partial charge in [-0.2, -0.15) is 0 Å². The summed E-state index contributed by atoms with van der Waals surface area (Å²) in [5.74, 6) is -0.369. The van der Waals surface area contributed by atoms with E-state index in [-0.39, 0.29) is 18.6 Å². The smallest absolute Gasteiger partial charge is 0.317 e. The number of urea groups is 1. The van der Waals surface area contributed by atoms with Gasteiger partial charge in [0.1, 0.15) is 0 Å². The Bertz CT molecular complexity index is 346. The molecule has 19 heavy (non-hydrogen) atoms. The Morgan fingerprint density at radius 2 is 2.05 bits per heavy atom. The second-order valence-electron chi connectivity index (χ2n) is 5.93. The van der Waals surface area contributed by atoms with Crippen LogP contribution in [0, 0.1) is 11.3 Å². The number of rotatable bonds is 4. The third-order valence-electron chi connectivity index (χ3n) is 4.56. The molecule has 1 rings (SSSR count). The molecule has 3 atom stereocenters. The topological polar surface area (TPSA) is 69.6 Å². The first-order valence-corrected chi connectivity index (χ1v) is 7.09. The number of aliphatic carboxylic acids is 1. The van der Waals surface area contributed by atoms with E-state index in [1.165, 1.54) is 0 Å². The molecule has 2 amide bonds. The molecular formula is C14H26N2O3. The Kier molecular flexibility index (Phi) is 5.20. The van der Waals surface area contributed by atoms with Crippen LogP contribution < -0.4 is 5.32 Å². The lowest BCUT2D eigenvalue weighted by molar-refractivity contribution is -0.147. The molecule has 0 saturated carbocycles. The van der Waals surface area contributed by atoms with Crippen LogP contribution in [0.2, 0.25) is 0 Å². The highest BCUT2D eigenvalue weighted by Gasteiger charge is 2.33. The van der Waals surface area contributed by atoms with Crippen molar-refractivity contribution in [2.45, 2.75) is 53.0 Å². The van der Waals surface area contributed by atoms with Gasteiger partial charge in [0.15, 0.2) is 0 Å². The van der Waals surface area contributed by atoms with Crippen molar-refractivity contribution in [2.75, 3.05) is 13.1 Å². The second-order valence-corrected chi connectivity index (χ2v) is 5.93. The monoisotopic (exact) mass is 270 g/mol. The van der Waals surface area contributed by atoms with E-state index >= 15 is 0 Å². The van der Waals surface area contributed by atoms with Crippen molar-refractivity contribution < 1.29 is 14.7 Å². The van der Waals surface area contributed by atoms with E-state index in [4.69, 9.17) is 0 Å². The van der Waals surface area contributed by atoms with Crippen molar-refractivity contribution in [1.82, 2.24) is 10.2 Å². The molecule has 1 fully saturated rings. The number of hydrogen-bond acceptors (Lipinski definition) is 2. The van der Waals surface area contributed by atoms with E-state index in [2.05, 4.69) is 19.2 Å². The van der Waals surface area contributed by atoms with E-state index in [0.29, 0.717) is 12.3 Å². The fraction of sp³-hybridized carbons (Fsp3) is 0.857. The quantitative estimate of drug-likeness (QED) is 0.823. The molecule has 1 aliphatic heterocycles. The van der Waals surface area contributed by atoms with Crippen LogP contribution in [0.1, 0.15) is 47.0 Å². The van der Waals surface area contributed by atoms with Gasteiger partial charge in [0.25, 0.3) is 0 Å². The summed E-state index contributed by atoms with van der Waals surface area (Å²) in [5, 5.41) is 12.0. The van der Waals surface area contributed by atoms with Crippen molar-refractivity contribution in [3.8, 4) is 0 Å². The molecule has 110 valence electrons. The van der Waals surface area contributed by atoms with Gasteiger partial charge in [-0.1, -0.05) is 13.8 Å². The first-order chi connectivity index (χ1) is 8.81. The maximum Gasteiger partial charge on any atom is 0.317 e. The summed E-state index contributed by atoms with van der Waals surface area (Å²) >= 11 is 0. The number of piperidine rings is 1. The molecule has 0 bridgehead atoms. The second kappa shape index (κ2) is 6.26. The highest BCUT2D eigenvalue weighted by molar-refractivity contribution is 5.78. The predicted molar refractivity (Wildman–Crippen MR) is 74.0 cm³/mol. The average molecular weight is 270 g/mol. The van der Waals surface area contributed by atoms with Crippen molar-refractivity contribution in [1.29, 1.82) is 0 Å². The normalized spacial score (nSPS) is 26.6. The fourth-order valence-electron chi connectivity index (χ4n) is 2.35. The largest absolute Gasteiger partial charge is 0.481 e. The molecule has 0 spiro atoms. The maximum atomic E-state index is 12.2. The van der Waals surface area contributed by atoms with Gasteiger partial charge in [0.2, 0.25) is 0 Å². The average Bonchev–Trinajstić information content (AvgIpc) is 2.38. The molecule has 5 nitrogen and oxygen atoms in total. The standard InChI is InChI=1S/C14H26N2O3/c1-5-14(4,12(17)18)9-15-13(19)16-8-6-7-10(2)11(16)3/h10-11H,5-9H2,1-4H3,(H,15,19)(H,17,18). The summed E-state index contributed by atoms with van der Waals surface area (Å²) in [4.78, 5) is 25.2. The number of hydrogen-bond donors (Lipinski definition) is 2. The Labute approximate surface area is 115 Å². The lowest BCUT2D eigenvalue weighted by atomic mass is 9.87. The molecule has 1 aliphatic rings. The number of carbonyl (C=O) groups is 2. The van der Waals surface area contributed by atoms with Crippen LogP contribution in [-0.4, -0.2) is 41.1 Å². The number of carbonyl (C=O) groups excluding carboxylic acids is 1. The third kappa shape index (κ3) is 3.61. The minimum Gasteiger partial charge on any atom is -0.481 e. The van der Waals surface area contributed by atoms with Gasteiger partial charge in [-0.3, -0.25) is 4.79 Å². The number of carboxylic acids is 1. The van der Waals surface area contributed by atoms with Crippen molar-refractivity contribution >= 4 is 12.0 Å². The molecule has 1 heterocycles. The van der Waals surface area contributed by atoms with Crippen LogP contribution in [0.4, 0.5) is 4.79 Å². The number of carboxylic acid groups (broad SMARTS) is 1. The molecule has 0 aromatic rings. The van der Waals surface area contributed by atoms with E-state index in [1.54, 1.807) is 6.92 Å². The first-order valence-electron chi connectivity index (χ1n) is 7.09. The number of amides is 2. The zero-order valence-corrected chi connectivity index (χ0v) is 12.4.